The van der Waals surface area contributed by atoms with Gasteiger partial charge in [-0.15, -0.1) is 0 Å². The van der Waals surface area contributed by atoms with Gasteiger partial charge in [0, 0.05) is 6.54 Å². The largest absolute Gasteiger partial charge is 0.378 e. The Balaban J connectivity index is 1.96. The molecule has 2 N–H and O–H groups in total. The highest BCUT2D eigenvalue weighted by molar-refractivity contribution is 14.1. The topological polar surface area (TPSA) is 72.6 Å². The fourth-order valence-electron chi connectivity index (χ4n) is 2.03. The van der Waals surface area contributed by atoms with Crippen molar-refractivity contribution >= 4 is 32.6 Å². The molecule has 2 rings (SSSR count). The second kappa shape index (κ2) is 4.44. The minimum atomic E-state index is -3.36. The first-order chi connectivity index (χ1) is 6.98. The lowest BCUT2D eigenvalue weighted by molar-refractivity contribution is -0.0722. The van der Waals surface area contributed by atoms with Crippen LogP contribution in [0.1, 0.15) is 12.8 Å². The maximum Gasteiger partial charge on any atom is 0.212 e. The summed E-state index contributed by atoms with van der Waals surface area (Å²) in [6.07, 6.45) is 1.28. The molecule has 2 fully saturated rings. The Kier molecular flexibility index (Phi) is 3.56. The van der Waals surface area contributed by atoms with E-state index in [9.17, 15) is 8.42 Å². The predicted octanol–water partition coefficient (Wildman–Crippen LogP) is -0.101. The van der Waals surface area contributed by atoms with Crippen LogP contribution in [0.2, 0.25) is 0 Å². The first-order valence-electron chi connectivity index (χ1n) is 4.97. The van der Waals surface area contributed by atoms with Crippen molar-refractivity contribution in [2.24, 2.45) is 5.14 Å². The van der Waals surface area contributed by atoms with E-state index in [0.717, 1.165) is 19.8 Å². The molecular weight excluding hydrogens is 331 g/mol. The van der Waals surface area contributed by atoms with Crippen molar-refractivity contribution in [3.63, 3.8) is 0 Å². The molecular formula is C8H15IN2O3S. The molecule has 2 atom stereocenters. The van der Waals surface area contributed by atoms with Crippen LogP contribution in [-0.2, 0) is 14.8 Å². The molecule has 0 aromatic heterocycles. The SMILES string of the molecule is NS(=O)(=O)C1CCN(C2COC2)C(I)C1. The number of nitrogens with two attached hydrogens (primary N) is 1. The predicted molar refractivity (Wildman–Crippen MR) is 65.3 cm³/mol. The monoisotopic (exact) mass is 346 g/mol. The van der Waals surface area contributed by atoms with Crippen LogP contribution < -0.4 is 5.14 Å². The number of ether oxygens (including phenoxy) is 1. The summed E-state index contributed by atoms with van der Waals surface area (Å²) in [7, 11) is -3.36. The lowest BCUT2D eigenvalue weighted by Gasteiger charge is -2.44. The van der Waals surface area contributed by atoms with Gasteiger partial charge in [0.1, 0.15) is 0 Å². The summed E-state index contributed by atoms with van der Waals surface area (Å²) in [5.41, 5.74) is 0. The van der Waals surface area contributed by atoms with Gasteiger partial charge in [0.05, 0.1) is 28.6 Å². The summed E-state index contributed by atoms with van der Waals surface area (Å²) >= 11 is 2.30. The zero-order valence-electron chi connectivity index (χ0n) is 8.30. The summed E-state index contributed by atoms with van der Waals surface area (Å²) in [6.45, 7) is 2.36. The second-order valence-electron chi connectivity index (χ2n) is 4.10. The molecule has 7 heteroatoms. The number of likely N-dealkylation sites (tertiary alicyclic amines) is 1. The minimum Gasteiger partial charge on any atom is -0.378 e. The number of sulfonamides is 1. The number of rotatable bonds is 2. The van der Waals surface area contributed by atoms with E-state index in [1.54, 1.807) is 0 Å². The molecule has 2 saturated heterocycles. The number of hydrogen-bond acceptors (Lipinski definition) is 4. The van der Waals surface area contributed by atoms with Crippen molar-refractivity contribution < 1.29 is 13.2 Å². The Bertz CT molecular complexity index is 331. The van der Waals surface area contributed by atoms with Gasteiger partial charge >= 0.3 is 0 Å². The van der Waals surface area contributed by atoms with E-state index in [1.807, 2.05) is 0 Å². The molecule has 2 heterocycles. The van der Waals surface area contributed by atoms with E-state index in [-0.39, 0.29) is 9.30 Å². The fraction of sp³-hybridized carbons (Fsp3) is 1.00. The van der Waals surface area contributed by atoms with Gasteiger partial charge in [-0.05, 0) is 12.8 Å². The molecule has 88 valence electrons. The third-order valence-electron chi connectivity index (χ3n) is 3.08. The number of primary sulfonamides is 1. The summed E-state index contributed by atoms with van der Waals surface area (Å²) in [5, 5.41) is 4.80. The van der Waals surface area contributed by atoms with Gasteiger partial charge < -0.3 is 4.74 Å². The van der Waals surface area contributed by atoms with Crippen LogP contribution in [0.4, 0.5) is 0 Å². The lowest BCUT2D eigenvalue weighted by atomic mass is 10.1. The molecule has 0 aliphatic carbocycles. The fourth-order valence-corrected chi connectivity index (χ4v) is 4.60. The van der Waals surface area contributed by atoms with E-state index in [4.69, 9.17) is 9.88 Å². The van der Waals surface area contributed by atoms with Crippen LogP contribution in [0.3, 0.4) is 0 Å². The van der Waals surface area contributed by atoms with Crippen LogP contribution in [0.25, 0.3) is 0 Å². The maximum atomic E-state index is 11.2. The summed E-state index contributed by atoms with van der Waals surface area (Å²) in [6, 6.07) is 0.480. The quantitative estimate of drug-likeness (QED) is 0.431. The van der Waals surface area contributed by atoms with Crippen molar-refractivity contribution in [3.05, 3.63) is 0 Å². The van der Waals surface area contributed by atoms with Gasteiger partial charge in [-0.1, -0.05) is 22.6 Å². The minimum absolute atomic E-state index is 0.258. The van der Waals surface area contributed by atoms with E-state index >= 15 is 0 Å². The van der Waals surface area contributed by atoms with Crippen molar-refractivity contribution in [2.75, 3.05) is 19.8 Å². The molecule has 0 radical (unpaired) electrons. The zero-order valence-corrected chi connectivity index (χ0v) is 11.3. The molecule has 0 aromatic carbocycles. The number of piperidine rings is 1. The first-order valence-corrected chi connectivity index (χ1v) is 7.83. The Morgan fingerprint density at radius 3 is 2.47 bits per heavy atom. The van der Waals surface area contributed by atoms with Crippen LogP contribution >= 0.6 is 22.6 Å². The first kappa shape index (κ1) is 12.0. The smallest absolute Gasteiger partial charge is 0.212 e. The highest BCUT2D eigenvalue weighted by Crippen LogP contribution is 2.29. The van der Waals surface area contributed by atoms with E-state index < -0.39 is 10.0 Å². The molecule has 0 amide bonds. The normalized spacial score (nSPS) is 35.1. The van der Waals surface area contributed by atoms with Crippen molar-refractivity contribution in [3.8, 4) is 0 Å². The van der Waals surface area contributed by atoms with Crippen molar-refractivity contribution in [2.45, 2.75) is 28.2 Å². The Morgan fingerprint density at radius 2 is 2.07 bits per heavy atom. The Labute approximate surface area is 104 Å². The number of halogens is 1. The summed E-state index contributed by atoms with van der Waals surface area (Å²) in [4.78, 5) is 2.33. The Morgan fingerprint density at radius 1 is 1.40 bits per heavy atom. The highest BCUT2D eigenvalue weighted by atomic mass is 127. The maximum absolute atomic E-state index is 11.2. The number of nitrogens with zero attached hydrogens (tertiary/aromatic N) is 1. The van der Waals surface area contributed by atoms with E-state index in [0.29, 0.717) is 18.9 Å². The van der Waals surface area contributed by atoms with Gasteiger partial charge in [0.2, 0.25) is 10.0 Å². The van der Waals surface area contributed by atoms with E-state index in [1.165, 1.54) is 0 Å². The second-order valence-corrected chi connectivity index (χ2v) is 7.38. The average molecular weight is 346 g/mol. The van der Waals surface area contributed by atoms with Gasteiger partial charge in [-0.2, -0.15) is 0 Å². The summed E-state index contributed by atoms with van der Waals surface area (Å²) in [5.74, 6) is 0. The lowest BCUT2D eigenvalue weighted by Crippen LogP contribution is -2.56. The number of hydrogen-bond donors (Lipinski definition) is 1. The van der Waals surface area contributed by atoms with Gasteiger partial charge in [-0.3, -0.25) is 4.90 Å². The van der Waals surface area contributed by atoms with Crippen LogP contribution in [0.5, 0.6) is 0 Å². The molecule has 0 bridgehead atoms. The number of alkyl halides is 1. The third-order valence-corrected chi connectivity index (χ3v) is 5.66. The van der Waals surface area contributed by atoms with E-state index in [2.05, 4.69) is 27.5 Å². The van der Waals surface area contributed by atoms with Crippen molar-refractivity contribution in [1.82, 2.24) is 4.90 Å². The average Bonchev–Trinajstić information content (AvgIpc) is 2.03. The molecule has 5 nitrogen and oxygen atoms in total. The molecule has 15 heavy (non-hydrogen) atoms. The highest BCUT2D eigenvalue weighted by Gasteiger charge is 2.38. The molecule has 2 unspecified atom stereocenters. The molecule has 0 spiro atoms. The van der Waals surface area contributed by atoms with Gasteiger partial charge in [0.15, 0.2) is 0 Å². The van der Waals surface area contributed by atoms with Gasteiger partial charge in [0.25, 0.3) is 0 Å². The standard InChI is InChI=1S/C8H15IN2O3S/c9-8-3-7(15(10,12)13)1-2-11(8)6-4-14-5-6/h6-8H,1-5H2,(H2,10,12,13). The molecule has 2 aliphatic rings. The van der Waals surface area contributed by atoms with Gasteiger partial charge in [-0.25, -0.2) is 13.6 Å². The zero-order chi connectivity index (χ0) is 11.1. The molecule has 0 saturated carbocycles. The molecule has 0 aromatic rings. The third kappa shape index (κ3) is 2.63. The van der Waals surface area contributed by atoms with Crippen molar-refractivity contribution in [1.29, 1.82) is 0 Å². The molecule has 2 aliphatic heterocycles. The van der Waals surface area contributed by atoms with Crippen LogP contribution in [0, 0.1) is 0 Å². The van der Waals surface area contributed by atoms with Crippen LogP contribution in [-0.4, -0.2) is 48.4 Å². The Hall–Kier alpha value is 0.560. The summed E-state index contributed by atoms with van der Waals surface area (Å²) < 4.78 is 27.8. The van der Waals surface area contributed by atoms with Crippen LogP contribution in [0.15, 0.2) is 0 Å².